The summed E-state index contributed by atoms with van der Waals surface area (Å²) in [6, 6.07) is 28.1. The van der Waals surface area contributed by atoms with E-state index in [1.807, 2.05) is 48.5 Å². The Labute approximate surface area is 188 Å². The van der Waals surface area contributed by atoms with Crippen molar-refractivity contribution in [3.8, 4) is 22.6 Å². The second kappa shape index (κ2) is 8.83. The first-order valence-electron chi connectivity index (χ1n) is 11.2. The molecule has 0 aliphatic heterocycles. The number of carbonyl (C=O) groups is 1. The van der Waals surface area contributed by atoms with Gasteiger partial charge in [-0.05, 0) is 42.9 Å². The lowest BCUT2D eigenvalue weighted by Gasteiger charge is -2.17. The molecule has 160 valence electrons. The molecule has 0 unspecified atom stereocenters. The normalized spacial score (nSPS) is 18.0. The minimum atomic E-state index is -0.387. The Kier molecular flexibility index (Phi) is 5.59. The highest BCUT2D eigenvalue weighted by molar-refractivity contribution is 5.92. The minimum absolute atomic E-state index is 0.257. The van der Waals surface area contributed by atoms with Crippen LogP contribution in [0.4, 0.5) is 0 Å². The van der Waals surface area contributed by atoms with E-state index in [9.17, 15) is 4.79 Å². The maximum Gasteiger partial charge on any atom is 0.248 e. The summed E-state index contributed by atoms with van der Waals surface area (Å²) in [6.45, 7) is 0. The van der Waals surface area contributed by atoms with Crippen molar-refractivity contribution in [2.75, 3.05) is 0 Å². The molecule has 32 heavy (non-hydrogen) atoms. The van der Waals surface area contributed by atoms with E-state index >= 15 is 0 Å². The largest absolute Gasteiger partial charge is 0.440 e. The summed E-state index contributed by atoms with van der Waals surface area (Å²) in [7, 11) is 0. The van der Waals surface area contributed by atoms with Crippen molar-refractivity contribution in [3.05, 3.63) is 102 Å². The summed E-state index contributed by atoms with van der Waals surface area (Å²) in [6.07, 6.45) is 4.21. The maximum atomic E-state index is 11.6. The molecule has 5 rings (SSSR count). The van der Waals surface area contributed by atoms with Gasteiger partial charge in [-0.1, -0.05) is 79.2 Å². The number of hydrogen-bond donors (Lipinski definition) is 1. The van der Waals surface area contributed by atoms with Crippen molar-refractivity contribution in [2.45, 2.75) is 31.6 Å². The van der Waals surface area contributed by atoms with Crippen LogP contribution in [0.1, 0.15) is 47.0 Å². The van der Waals surface area contributed by atoms with E-state index in [2.05, 4.69) is 30.3 Å². The highest BCUT2D eigenvalue weighted by Crippen LogP contribution is 2.44. The Morgan fingerprint density at radius 2 is 1.62 bits per heavy atom. The highest BCUT2D eigenvalue weighted by atomic mass is 16.4. The molecule has 2 N–H and O–H groups in total. The van der Waals surface area contributed by atoms with Crippen LogP contribution >= 0.6 is 0 Å². The zero-order chi connectivity index (χ0) is 21.9. The standard InChI is InChI=1S/C28H26N2O2/c29-27(31)23-15-7-9-19(18-23)17-22-14-8-16-24(22)28-30-25(20-10-3-1-4-11-20)26(32-28)21-12-5-2-6-13-21/h1-7,9-13,15,18,22,24H,8,14,16-17H2,(H2,29,31)/t22-,24-/m0/s1. The average molecular weight is 423 g/mol. The third-order valence-corrected chi connectivity index (χ3v) is 6.41. The van der Waals surface area contributed by atoms with Crippen molar-refractivity contribution < 1.29 is 9.21 Å². The van der Waals surface area contributed by atoms with Crippen LogP contribution in [0, 0.1) is 5.92 Å². The molecule has 1 aliphatic rings. The lowest BCUT2D eigenvalue weighted by Crippen LogP contribution is -2.13. The van der Waals surface area contributed by atoms with Crippen molar-refractivity contribution in [1.82, 2.24) is 4.98 Å². The van der Waals surface area contributed by atoms with Crippen molar-refractivity contribution in [3.63, 3.8) is 0 Å². The van der Waals surface area contributed by atoms with Crippen molar-refractivity contribution in [1.29, 1.82) is 0 Å². The summed E-state index contributed by atoms with van der Waals surface area (Å²) < 4.78 is 6.48. The first-order chi connectivity index (χ1) is 15.7. The number of carbonyl (C=O) groups excluding carboxylic acids is 1. The minimum Gasteiger partial charge on any atom is -0.440 e. The summed E-state index contributed by atoms with van der Waals surface area (Å²) in [5, 5.41) is 0. The zero-order valence-electron chi connectivity index (χ0n) is 17.9. The molecule has 1 saturated carbocycles. The quantitative estimate of drug-likeness (QED) is 0.400. The molecule has 2 atom stereocenters. The number of nitrogens with two attached hydrogens (primary N) is 1. The van der Waals surface area contributed by atoms with Crippen LogP contribution in [0.2, 0.25) is 0 Å². The van der Waals surface area contributed by atoms with E-state index < -0.39 is 0 Å². The van der Waals surface area contributed by atoms with Crippen LogP contribution in [0.15, 0.2) is 89.3 Å². The molecule has 0 bridgehead atoms. The van der Waals surface area contributed by atoms with Crippen molar-refractivity contribution in [2.24, 2.45) is 11.7 Å². The van der Waals surface area contributed by atoms with E-state index in [1.54, 1.807) is 6.07 Å². The first kappa shape index (κ1) is 20.3. The Bertz CT molecular complexity index is 1160. The molecule has 4 heteroatoms. The summed E-state index contributed by atoms with van der Waals surface area (Å²) in [5.74, 6) is 1.93. The van der Waals surface area contributed by atoms with E-state index in [0.29, 0.717) is 11.5 Å². The van der Waals surface area contributed by atoms with E-state index in [-0.39, 0.29) is 11.8 Å². The molecule has 0 saturated heterocycles. The number of amides is 1. The first-order valence-corrected chi connectivity index (χ1v) is 11.2. The summed E-state index contributed by atoms with van der Waals surface area (Å²) >= 11 is 0. The molecular weight excluding hydrogens is 396 g/mol. The molecule has 1 fully saturated rings. The highest BCUT2D eigenvalue weighted by Gasteiger charge is 2.33. The molecule has 4 nitrogen and oxygen atoms in total. The number of rotatable bonds is 6. The van der Waals surface area contributed by atoms with E-state index in [1.165, 1.54) is 0 Å². The Morgan fingerprint density at radius 3 is 2.34 bits per heavy atom. The summed E-state index contributed by atoms with van der Waals surface area (Å²) in [4.78, 5) is 16.6. The molecule has 1 amide bonds. The number of primary amides is 1. The van der Waals surface area contributed by atoms with Crippen LogP contribution < -0.4 is 5.73 Å². The van der Waals surface area contributed by atoms with Crippen LogP contribution in [0.3, 0.4) is 0 Å². The van der Waals surface area contributed by atoms with E-state index in [4.69, 9.17) is 15.1 Å². The van der Waals surface area contributed by atoms with Gasteiger partial charge in [0.2, 0.25) is 5.91 Å². The average Bonchev–Trinajstić information content (AvgIpc) is 3.47. The van der Waals surface area contributed by atoms with Gasteiger partial charge in [-0.2, -0.15) is 0 Å². The van der Waals surface area contributed by atoms with Gasteiger partial charge in [0, 0.05) is 22.6 Å². The van der Waals surface area contributed by atoms with Gasteiger partial charge < -0.3 is 10.2 Å². The predicted molar refractivity (Wildman–Crippen MR) is 126 cm³/mol. The zero-order valence-corrected chi connectivity index (χ0v) is 17.9. The monoisotopic (exact) mass is 422 g/mol. The van der Waals surface area contributed by atoms with Crippen LogP contribution in [0.5, 0.6) is 0 Å². The van der Waals surface area contributed by atoms with E-state index in [0.717, 1.165) is 59.7 Å². The van der Waals surface area contributed by atoms with Crippen LogP contribution in [-0.2, 0) is 6.42 Å². The van der Waals surface area contributed by atoms with Crippen molar-refractivity contribution >= 4 is 5.91 Å². The Hall–Kier alpha value is -3.66. The van der Waals surface area contributed by atoms with Crippen LogP contribution in [-0.4, -0.2) is 10.9 Å². The van der Waals surface area contributed by atoms with Gasteiger partial charge in [0.15, 0.2) is 11.7 Å². The topological polar surface area (TPSA) is 69.1 Å². The van der Waals surface area contributed by atoms with Gasteiger partial charge in [0.25, 0.3) is 0 Å². The van der Waals surface area contributed by atoms with Gasteiger partial charge in [-0.3, -0.25) is 4.79 Å². The molecule has 1 aliphatic carbocycles. The molecular formula is C28H26N2O2. The third kappa shape index (κ3) is 4.09. The molecule has 1 heterocycles. The molecule has 1 aromatic heterocycles. The smallest absolute Gasteiger partial charge is 0.248 e. The third-order valence-electron chi connectivity index (χ3n) is 6.41. The van der Waals surface area contributed by atoms with Gasteiger partial charge in [0.05, 0.1) is 0 Å². The number of nitrogens with zero attached hydrogens (tertiary/aromatic N) is 1. The predicted octanol–water partition coefficient (Wildman–Crippen LogP) is 6.23. The second-order valence-corrected chi connectivity index (χ2v) is 8.53. The molecule has 0 radical (unpaired) electrons. The van der Waals surface area contributed by atoms with Gasteiger partial charge >= 0.3 is 0 Å². The SMILES string of the molecule is NC(=O)c1cccc(C[C@@H]2CCC[C@@H]2c2nc(-c3ccccc3)c(-c3ccccc3)o2)c1. The fourth-order valence-corrected chi connectivity index (χ4v) is 4.83. The van der Waals surface area contributed by atoms with Gasteiger partial charge in [0.1, 0.15) is 5.69 Å². The summed E-state index contributed by atoms with van der Waals surface area (Å²) in [5.41, 5.74) is 10.2. The maximum absolute atomic E-state index is 11.6. The second-order valence-electron chi connectivity index (χ2n) is 8.53. The Balaban J connectivity index is 1.49. The van der Waals surface area contributed by atoms with Gasteiger partial charge in [-0.15, -0.1) is 0 Å². The number of aromatic nitrogens is 1. The lowest BCUT2D eigenvalue weighted by atomic mass is 9.89. The molecule has 3 aromatic carbocycles. The van der Waals surface area contributed by atoms with Crippen LogP contribution in [0.25, 0.3) is 22.6 Å². The number of hydrogen-bond acceptors (Lipinski definition) is 3. The Morgan fingerprint density at radius 1 is 0.906 bits per heavy atom. The molecule has 0 spiro atoms. The fraction of sp³-hybridized carbons (Fsp3) is 0.214. The fourth-order valence-electron chi connectivity index (χ4n) is 4.83. The number of benzene rings is 3. The molecule has 4 aromatic rings. The lowest BCUT2D eigenvalue weighted by molar-refractivity contribution is 0.1000. The van der Waals surface area contributed by atoms with Gasteiger partial charge in [-0.25, -0.2) is 4.98 Å². The number of oxazole rings is 1.